The molecular weight excluding hydrogens is 384 g/mol. The molecule has 0 fully saturated rings. The third-order valence-electron chi connectivity index (χ3n) is 3.18. The van der Waals surface area contributed by atoms with Gasteiger partial charge in [0.05, 0.1) is 18.0 Å². The van der Waals surface area contributed by atoms with E-state index in [0.717, 1.165) is 16.7 Å². The predicted molar refractivity (Wildman–Crippen MR) is 104 cm³/mol. The molecule has 10 heteroatoms. The summed E-state index contributed by atoms with van der Waals surface area (Å²) >= 11 is 8.80. The molecule has 2 N–H and O–H groups in total. The number of aromatic nitrogens is 2. The molecule has 2 aromatic rings. The van der Waals surface area contributed by atoms with Crippen molar-refractivity contribution in [1.82, 2.24) is 9.55 Å². The number of aliphatic imine (C=N–C) groups is 1. The molecule has 7 nitrogen and oxygen atoms in total. The summed E-state index contributed by atoms with van der Waals surface area (Å²) in [6.45, 7) is 0.763. The first kappa shape index (κ1) is 17.8. The predicted octanol–water partition coefficient (Wildman–Crippen LogP) is 1.95. The van der Waals surface area contributed by atoms with Crippen LogP contribution < -0.4 is 16.6 Å². The van der Waals surface area contributed by atoms with E-state index in [-0.39, 0.29) is 17.5 Å². The number of carbonyl (C=O) groups excluding carboxylic acids is 1. The second-order valence-electron chi connectivity index (χ2n) is 4.97. The highest BCUT2D eigenvalue weighted by Gasteiger charge is 2.14. The zero-order valence-electron chi connectivity index (χ0n) is 12.8. The van der Waals surface area contributed by atoms with Crippen molar-refractivity contribution in [2.75, 3.05) is 23.4 Å². The first-order valence-corrected chi connectivity index (χ1v) is 9.60. The Balaban J connectivity index is 1.84. The van der Waals surface area contributed by atoms with Crippen LogP contribution in [0.25, 0.3) is 5.69 Å². The zero-order chi connectivity index (χ0) is 17.8. The zero-order valence-corrected chi connectivity index (χ0v) is 15.2. The summed E-state index contributed by atoms with van der Waals surface area (Å²) in [5, 5.41) is 3.13. The van der Waals surface area contributed by atoms with Crippen LogP contribution in [0.4, 0.5) is 5.82 Å². The maximum absolute atomic E-state index is 12.2. The molecule has 3 rings (SSSR count). The molecule has 0 atom stereocenters. The summed E-state index contributed by atoms with van der Waals surface area (Å²) in [6, 6.07) is 7.64. The lowest BCUT2D eigenvalue weighted by Gasteiger charge is -2.13. The molecule has 0 saturated heterocycles. The van der Waals surface area contributed by atoms with Gasteiger partial charge < -0.3 is 5.32 Å². The van der Waals surface area contributed by atoms with Crippen molar-refractivity contribution in [3.8, 4) is 5.69 Å². The molecule has 0 aliphatic carbocycles. The van der Waals surface area contributed by atoms with Crippen LogP contribution in [-0.2, 0) is 4.79 Å². The number of benzene rings is 1. The lowest BCUT2D eigenvalue weighted by molar-refractivity contribution is -0.113. The smallest absolute Gasteiger partial charge is 0.311 e. The second-order valence-corrected chi connectivity index (χ2v) is 7.71. The first-order valence-electron chi connectivity index (χ1n) is 7.25. The van der Waals surface area contributed by atoms with Crippen molar-refractivity contribution < 1.29 is 4.79 Å². The summed E-state index contributed by atoms with van der Waals surface area (Å²) in [7, 11) is 0. The van der Waals surface area contributed by atoms with E-state index in [2.05, 4.69) is 15.3 Å². The van der Waals surface area contributed by atoms with Crippen LogP contribution in [0.1, 0.15) is 0 Å². The quantitative estimate of drug-likeness (QED) is 0.823. The summed E-state index contributed by atoms with van der Waals surface area (Å²) in [5.41, 5.74) is -0.758. The van der Waals surface area contributed by atoms with Gasteiger partial charge in [0.25, 0.3) is 5.56 Å². The van der Waals surface area contributed by atoms with Crippen molar-refractivity contribution in [3.63, 3.8) is 0 Å². The third kappa shape index (κ3) is 4.56. The molecule has 130 valence electrons. The Kier molecular flexibility index (Phi) is 5.67. The molecule has 1 amide bonds. The van der Waals surface area contributed by atoms with Crippen molar-refractivity contribution >= 4 is 51.2 Å². The summed E-state index contributed by atoms with van der Waals surface area (Å²) in [5.74, 6) is 0.845. The van der Waals surface area contributed by atoms with Crippen molar-refractivity contribution in [2.24, 2.45) is 4.99 Å². The number of halogens is 1. The number of rotatable bonds is 4. The molecule has 25 heavy (non-hydrogen) atoms. The van der Waals surface area contributed by atoms with Crippen molar-refractivity contribution in [3.05, 3.63) is 56.2 Å². The van der Waals surface area contributed by atoms with Gasteiger partial charge in [0.15, 0.2) is 0 Å². The highest BCUT2D eigenvalue weighted by Crippen LogP contribution is 2.22. The number of nitrogens with one attached hydrogen (secondary N) is 2. The highest BCUT2D eigenvalue weighted by molar-refractivity contribution is 8.39. The van der Waals surface area contributed by atoms with E-state index in [1.165, 1.54) is 22.4 Å². The summed E-state index contributed by atoms with van der Waals surface area (Å²) < 4.78 is 2.08. The Labute approximate surface area is 155 Å². The average molecular weight is 397 g/mol. The molecule has 0 saturated carbocycles. The minimum atomic E-state index is -0.645. The highest BCUT2D eigenvalue weighted by atomic mass is 35.5. The van der Waals surface area contributed by atoms with Gasteiger partial charge in [-0.15, -0.1) is 0 Å². The molecular formula is C15H13ClN4O3S2. The molecule has 0 bridgehead atoms. The molecule has 1 aromatic carbocycles. The third-order valence-corrected chi connectivity index (χ3v) is 5.68. The Morgan fingerprint density at radius 3 is 2.80 bits per heavy atom. The van der Waals surface area contributed by atoms with Crippen LogP contribution in [0.2, 0.25) is 5.02 Å². The number of H-pyrrole nitrogens is 1. The molecule has 1 aromatic heterocycles. The van der Waals surface area contributed by atoms with Crippen LogP contribution in [-0.4, -0.2) is 37.9 Å². The molecule has 0 unspecified atom stereocenters. The van der Waals surface area contributed by atoms with Gasteiger partial charge in [-0.2, -0.15) is 0 Å². The first-order chi connectivity index (χ1) is 12.0. The number of anilines is 1. The average Bonchev–Trinajstić information content (AvgIpc) is 3.07. The van der Waals surface area contributed by atoms with Crippen molar-refractivity contribution in [2.45, 2.75) is 0 Å². The lowest BCUT2D eigenvalue weighted by Crippen LogP contribution is -2.32. The standard InChI is InChI=1S/C15H13ClN4O3S2/c16-9-1-3-10(4-2-9)20-11(7-12(21)19-14(20)23)18-13(22)8-25-15-17-5-6-24-15/h1-4,7H,5-6,8H2,(H,18,22)(H,19,21,23). The Morgan fingerprint density at radius 2 is 2.12 bits per heavy atom. The number of hydrogen-bond acceptors (Lipinski definition) is 6. The topological polar surface area (TPSA) is 96.3 Å². The minimum absolute atomic E-state index is 0.0997. The molecule has 0 spiro atoms. The van der Waals surface area contributed by atoms with Crippen LogP contribution in [0.5, 0.6) is 0 Å². The van der Waals surface area contributed by atoms with Crippen LogP contribution >= 0.6 is 35.1 Å². The normalized spacial score (nSPS) is 13.6. The molecule has 1 aliphatic rings. The van der Waals surface area contributed by atoms with Crippen LogP contribution in [0.15, 0.2) is 44.9 Å². The van der Waals surface area contributed by atoms with E-state index in [9.17, 15) is 14.4 Å². The van der Waals surface area contributed by atoms with Gasteiger partial charge in [0, 0.05) is 16.8 Å². The Morgan fingerprint density at radius 1 is 1.36 bits per heavy atom. The number of nitrogens with zero attached hydrogens (tertiary/aromatic N) is 2. The van der Waals surface area contributed by atoms with Gasteiger partial charge >= 0.3 is 5.69 Å². The summed E-state index contributed by atoms with van der Waals surface area (Å²) in [4.78, 5) is 42.4. The summed E-state index contributed by atoms with van der Waals surface area (Å²) in [6.07, 6.45) is 0. The fourth-order valence-corrected chi connectivity index (χ4v) is 4.08. The number of hydrogen-bond donors (Lipinski definition) is 2. The molecule has 0 radical (unpaired) electrons. The fourth-order valence-electron chi connectivity index (χ4n) is 2.14. The second kappa shape index (κ2) is 7.94. The van der Waals surface area contributed by atoms with E-state index in [1.807, 2.05) is 0 Å². The lowest BCUT2D eigenvalue weighted by atomic mass is 10.3. The largest absolute Gasteiger partial charge is 0.334 e. The number of carbonyl (C=O) groups is 1. The Bertz CT molecular complexity index is 937. The van der Waals surface area contributed by atoms with E-state index in [4.69, 9.17) is 11.6 Å². The van der Waals surface area contributed by atoms with Crippen LogP contribution in [0.3, 0.4) is 0 Å². The number of aromatic amines is 1. The minimum Gasteiger partial charge on any atom is -0.311 e. The van der Waals surface area contributed by atoms with Gasteiger partial charge in [0.1, 0.15) is 10.2 Å². The van der Waals surface area contributed by atoms with Gasteiger partial charge in [0.2, 0.25) is 5.91 Å². The SMILES string of the molecule is O=C(CSC1=NCCS1)Nc1cc(=O)[nH]c(=O)n1-c1ccc(Cl)cc1. The Hall–Kier alpha value is -1.97. The van der Waals surface area contributed by atoms with Gasteiger partial charge in [-0.05, 0) is 24.3 Å². The van der Waals surface area contributed by atoms with Crippen molar-refractivity contribution in [1.29, 1.82) is 0 Å². The van der Waals surface area contributed by atoms with E-state index < -0.39 is 11.2 Å². The maximum atomic E-state index is 12.2. The number of amides is 1. The van der Waals surface area contributed by atoms with Crippen LogP contribution in [0, 0.1) is 0 Å². The van der Waals surface area contributed by atoms with Gasteiger partial charge in [-0.3, -0.25) is 19.6 Å². The van der Waals surface area contributed by atoms with Gasteiger partial charge in [-0.1, -0.05) is 35.1 Å². The number of thioether (sulfide) groups is 2. The molecule has 1 aliphatic heterocycles. The van der Waals surface area contributed by atoms with E-state index in [0.29, 0.717) is 10.7 Å². The maximum Gasteiger partial charge on any atom is 0.334 e. The van der Waals surface area contributed by atoms with Gasteiger partial charge in [-0.25, -0.2) is 9.36 Å². The fraction of sp³-hybridized carbons (Fsp3) is 0.200. The van der Waals surface area contributed by atoms with E-state index >= 15 is 0 Å². The van der Waals surface area contributed by atoms with E-state index in [1.54, 1.807) is 36.0 Å². The monoisotopic (exact) mass is 396 g/mol. The molecule has 2 heterocycles.